The molecule has 1 nitrogen and oxygen atoms in total. The number of benzene rings is 2. The molecule has 3 rings (SSSR count). The zero-order valence-electron chi connectivity index (χ0n) is 14.6. The molecule has 1 saturated carbocycles. The minimum atomic E-state index is -0.778. The molecule has 3 heteroatoms. The van der Waals surface area contributed by atoms with Crippen LogP contribution in [0.3, 0.4) is 0 Å². The molecule has 0 spiro atoms. The minimum Gasteiger partial charge on any atom is -0.205 e. The molecule has 1 fully saturated rings. The van der Waals surface area contributed by atoms with Gasteiger partial charge in [-0.2, -0.15) is 5.26 Å². The van der Waals surface area contributed by atoms with Crippen molar-refractivity contribution in [2.45, 2.75) is 51.4 Å². The molecule has 0 heterocycles. The second-order valence-electron chi connectivity index (χ2n) is 7.24. The van der Waals surface area contributed by atoms with Gasteiger partial charge in [0.1, 0.15) is 23.3 Å². The van der Waals surface area contributed by atoms with E-state index < -0.39 is 17.2 Å². The first-order chi connectivity index (χ1) is 12.1. The maximum absolute atomic E-state index is 13.7. The van der Waals surface area contributed by atoms with Gasteiger partial charge in [0.15, 0.2) is 0 Å². The molecule has 0 atom stereocenters. The van der Waals surface area contributed by atoms with E-state index in [9.17, 15) is 8.78 Å². The first kappa shape index (κ1) is 17.6. The van der Waals surface area contributed by atoms with E-state index in [2.05, 4.69) is 31.2 Å². The molecule has 2 aromatic rings. The van der Waals surface area contributed by atoms with Gasteiger partial charge < -0.3 is 0 Å². The molecule has 0 bridgehead atoms. The van der Waals surface area contributed by atoms with Gasteiger partial charge in [-0.3, -0.25) is 0 Å². The van der Waals surface area contributed by atoms with Crippen molar-refractivity contribution in [2.24, 2.45) is 5.92 Å². The lowest BCUT2D eigenvalue weighted by atomic mass is 9.79. The van der Waals surface area contributed by atoms with Gasteiger partial charge >= 0.3 is 0 Å². The van der Waals surface area contributed by atoms with Crippen molar-refractivity contribution >= 4 is 0 Å². The highest BCUT2D eigenvalue weighted by Crippen LogP contribution is 2.35. The predicted molar refractivity (Wildman–Crippen MR) is 97.4 cm³/mol. The number of nitrogens with zero attached hydrogens (tertiary/aromatic N) is 1. The van der Waals surface area contributed by atoms with E-state index in [1.807, 2.05) is 0 Å². The Kier molecular flexibility index (Phi) is 5.48. The first-order valence-corrected chi connectivity index (χ1v) is 9.03. The lowest BCUT2D eigenvalue weighted by Gasteiger charge is -2.26. The average molecular weight is 341 g/mol. The molecule has 0 radical (unpaired) electrons. The van der Waals surface area contributed by atoms with Crippen LogP contribution in [0.2, 0.25) is 0 Å². The second-order valence-corrected chi connectivity index (χ2v) is 7.24. The molecule has 0 N–H and O–H groups in total. The van der Waals surface area contributed by atoms with Crippen LogP contribution >= 0.6 is 0 Å². The number of halogens is 2. The molecule has 132 valence electrons. The molecule has 0 amide bonds. The van der Waals surface area contributed by atoms with Crippen molar-refractivity contribution in [1.29, 1.82) is 5.26 Å². The van der Waals surface area contributed by atoms with Gasteiger partial charge in [-0.15, -0.1) is 0 Å². The van der Waals surface area contributed by atoms with Crippen LogP contribution in [0.1, 0.15) is 62.2 Å². The summed E-state index contributed by atoms with van der Waals surface area (Å²) in [6, 6.07) is 12.7. The molecule has 0 aromatic heterocycles. The Balaban J connectivity index is 0.00000243. The minimum absolute atomic E-state index is 0. The lowest BCUT2D eigenvalue weighted by Crippen LogP contribution is -2.10. The van der Waals surface area contributed by atoms with E-state index in [-0.39, 0.29) is 1.43 Å². The fourth-order valence-corrected chi connectivity index (χ4v) is 3.72. The summed E-state index contributed by atoms with van der Waals surface area (Å²) in [5.41, 5.74) is 2.65. The van der Waals surface area contributed by atoms with Gasteiger partial charge in [0.2, 0.25) is 0 Å². The standard InChI is InChI=1S/C22H23F2N.H2/c1-15-2-8-18(9-3-15)19-10-6-16(7-11-19)4-5-17-12-21(23)20(14-25)22(24)13-17;/h6-7,10-13,15,18H,2-5,8-9H2,1H3;1H. The van der Waals surface area contributed by atoms with Crippen molar-refractivity contribution < 1.29 is 10.2 Å². The van der Waals surface area contributed by atoms with Crippen molar-refractivity contribution in [3.63, 3.8) is 0 Å². The van der Waals surface area contributed by atoms with Crippen molar-refractivity contribution in [2.75, 3.05) is 0 Å². The molecule has 2 aromatic carbocycles. The summed E-state index contributed by atoms with van der Waals surface area (Å²) >= 11 is 0. The Morgan fingerprint density at radius 2 is 1.52 bits per heavy atom. The number of nitriles is 1. The molecular formula is C22H25F2N. The fraction of sp³-hybridized carbons (Fsp3) is 0.409. The second kappa shape index (κ2) is 7.78. The van der Waals surface area contributed by atoms with Crippen molar-refractivity contribution in [3.8, 4) is 6.07 Å². The van der Waals surface area contributed by atoms with E-state index >= 15 is 0 Å². The summed E-state index contributed by atoms with van der Waals surface area (Å²) in [5.74, 6) is -0.0329. The van der Waals surface area contributed by atoms with E-state index in [4.69, 9.17) is 5.26 Å². The fourth-order valence-electron chi connectivity index (χ4n) is 3.72. The van der Waals surface area contributed by atoms with Crippen LogP contribution in [0, 0.1) is 28.9 Å². The van der Waals surface area contributed by atoms with Gasteiger partial charge in [-0.05, 0) is 66.3 Å². The van der Waals surface area contributed by atoms with Crippen molar-refractivity contribution in [1.82, 2.24) is 0 Å². The van der Waals surface area contributed by atoms with E-state index in [0.29, 0.717) is 17.9 Å². The third kappa shape index (κ3) is 4.25. The van der Waals surface area contributed by atoms with Crippen LogP contribution in [0.15, 0.2) is 36.4 Å². The highest BCUT2D eigenvalue weighted by Gasteiger charge is 2.19. The molecule has 0 saturated heterocycles. The SMILES string of the molecule is CC1CCC(c2ccc(CCc3cc(F)c(C#N)c(F)c3)cc2)CC1.[HH]. The average Bonchev–Trinajstić information content (AvgIpc) is 2.61. The summed E-state index contributed by atoms with van der Waals surface area (Å²) in [6.07, 6.45) is 6.44. The lowest BCUT2D eigenvalue weighted by molar-refractivity contribution is 0.348. The third-order valence-corrected chi connectivity index (χ3v) is 5.38. The number of hydrogen-bond donors (Lipinski definition) is 0. The molecule has 1 aliphatic rings. The maximum atomic E-state index is 13.7. The summed E-state index contributed by atoms with van der Waals surface area (Å²) in [7, 11) is 0. The Morgan fingerprint density at radius 3 is 2.08 bits per heavy atom. The van der Waals surface area contributed by atoms with Gasteiger partial charge in [-0.25, -0.2) is 8.78 Å². The molecule has 1 aliphatic carbocycles. The summed E-state index contributed by atoms with van der Waals surface area (Å²) in [5, 5.41) is 8.72. The molecule has 0 aliphatic heterocycles. The summed E-state index contributed by atoms with van der Waals surface area (Å²) in [4.78, 5) is 0. The summed E-state index contributed by atoms with van der Waals surface area (Å²) in [6.45, 7) is 2.33. The van der Waals surface area contributed by atoms with Crippen LogP contribution in [-0.4, -0.2) is 0 Å². The van der Waals surface area contributed by atoms with Crippen LogP contribution < -0.4 is 0 Å². The number of rotatable bonds is 4. The first-order valence-electron chi connectivity index (χ1n) is 9.03. The van der Waals surface area contributed by atoms with Crippen LogP contribution in [0.5, 0.6) is 0 Å². The monoisotopic (exact) mass is 341 g/mol. The third-order valence-electron chi connectivity index (χ3n) is 5.38. The summed E-state index contributed by atoms with van der Waals surface area (Å²) < 4.78 is 27.3. The van der Waals surface area contributed by atoms with E-state index in [0.717, 1.165) is 17.9 Å². The normalized spacial score (nSPS) is 20.2. The van der Waals surface area contributed by atoms with E-state index in [1.165, 1.54) is 43.4 Å². The Hall–Kier alpha value is -2.21. The maximum Gasteiger partial charge on any atom is 0.144 e. The molecule has 25 heavy (non-hydrogen) atoms. The highest BCUT2D eigenvalue weighted by atomic mass is 19.1. The van der Waals surface area contributed by atoms with Gasteiger partial charge in [0.05, 0.1) is 0 Å². The van der Waals surface area contributed by atoms with Gasteiger partial charge in [0.25, 0.3) is 0 Å². The molecular weight excluding hydrogens is 316 g/mol. The van der Waals surface area contributed by atoms with Crippen molar-refractivity contribution in [3.05, 3.63) is 70.3 Å². The largest absolute Gasteiger partial charge is 0.205 e. The van der Waals surface area contributed by atoms with E-state index in [1.54, 1.807) is 6.07 Å². The Bertz CT molecular complexity index is 749. The zero-order valence-corrected chi connectivity index (χ0v) is 14.6. The predicted octanol–water partition coefficient (Wildman–Crippen LogP) is 6.16. The highest BCUT2D eigenvalue weighted by molar-refractivity contribution is 5.35. The zero-order chi connectivity index (χ0) is 17.8. The van der Waals surface area contributed by atoms with Crippen LogP contribution in [-0.2, 0) is 12.8 Å². The number of aryl methyl sites for hydroxylation is 2. The van der Waals surface area contributed by atoms with Crippen LogP contribution in [0.25, 0.3) is 0 Å². The molecule has 0 unspecified atom stereocenters. The topological polar surface area (TPSA) is 23.8 Å². The van der Waals surface area contributed by atoms with Crippen LogP contribution in [0.4, 0.5) is 8.78 Å². The Morgan fingerprint density at radius 1 is 0.960 bits per heavy atom. The van der Waals surface area contributed by atoms with Gasteiger partial charge in [-0.1, -0.05) is 44.0 Å². The van der Waals surface area contributed by atoms with Gasteiger partial charge in [0, 0.05) is 1.43 Å². The number of hydrogen-bond acceptors (Lipinski definition) is 1. The Labute approximate surface area is 149 Å². The smallest absolute Gasteiger partial charge is 0.144 e. The quantitative estimate of drug-likeness (QED) is 0.653.